The molecule has 290 valence electrons. The zero-order valence-electron chi connectivity index (χ0n) is 33.5. The number of fused-ring (bicyclic) bond motifs is 4. The lowest BCUT2D eigenvalue weighted by Crippen LogP contribution is -2.64. The van der Waals surface area contributed by atoms with Gasteiger partial charge in [-0.25, -0.2) is 0 Å². The molecule has 8 fully saturated rings. The smallest absolute Gasteiger partial charge is 0.236 e. The summed E-state index contributed by atoms with van der Waals surface area (Å²) in [6.45, 7) is 21.7. The van der Waals surface area contributed by atoms with Crippen LogP contribution in [0.2, 0.25) is 0 Å². The fourth-order valence-electron chi connectivity index (χ4n) is 14.9. The first-order chi connectivity index (χ1) is 24.1. The Hall–Kier alpha value is -0.810. The number of morpholine rings is 1. The maximum absolute atomic E-state index is 12.2. The van der Waals surface area contributed by atoms with Crippen molar-refractivity contribution >= 4 is 5.91 Å². The van der Waals surface area contributed by atoms with Crippen molar-refractivity contribution in [3.8, 4) is 0 Å². The van der Waals surface area contributed by atoms with Crippen molar-refractivity contribution in [1.82, 2.24) is 14.7 Å². The lowest BCUT2D eigenvalue weighted by atomic mass is 9.46. The fraction of sp³-hybridized carbons (Fsp3) is 0.976. The molecule has 0 aromatic carbocycles. The maximum atomic E-state index is 12.2. The molecule has 0 aromatic rings. The summed E-state index contributed by atoms with van der Waals surface area (Å²) < 4.78 is 26.5. The van der Waals surface area contributed by atoms with E-state index in [-0.39, 0.29) is 35.9 Å². The van der Waals surface area contributed by atoms with E-state index in [1.165, 1.54) is 44.9 Å². The number of rotatable bonds is 9. The van der Waals surface area contributed by atoms with Crippen molar-refractivity contribution in [3.05, 3.63) is 0 Å². The highest BCUT2D eigenvalue weighted by Gasteiger charge is 2.84. The van der Waals surface area contributed by atoms with Crippen LogP contribution in [-0.2, 0) is 23.7 Å². The zero-order chi connectivity index (χ0) is 36.3. The highest BCUT2D eigenvalue weighted by atomic mass is 16.7. The summed E-state index contributed by atoms with van der Waals surface area (Å²) in [6, 6.07) is 0.486. The van der Waals surface area contributed by atoms with Gasteiger partial charge in [0.2, 0.25) is 5.91 Å². The summed E-state index contributed by atoms with van der Waals surface area (Å²) in [4.78, 5) is 18.7. The van der Waals surface area contributed by atoms with Gasteiger partial charge in [0.05, 0.1) is 37.1 Å². The summed E-state index contributed by atoms with van der Waals surface area (Å²) in [5.74, 6) is 3.81. The molecule has 9 heteroatoms. The molecule has 5 saturated carbocycles. The number of nitrogens with zero attached hydrogens (tertiary/aromatic N) is 3. The largest absolute Gasteiger partial charge is 0.388 e. The number of hydrogen-bond donors (Lipinski definition) is 1. The van der Waals surface area contributed by atoms with Gasteiger partial charge in [-0.3, -0.25) is 14.6 Å². The van der Waals surface area contributed by atoms with Crippen molar-refractivity contribution in [3.63, 3.8) is 0 Å². The number of carbonyl (C=O) groups excluding carboxylic acids is 1. The Labute approximate surface area is 308 Å². The molecule has 12 unspecified atom stereocenters. The summed E-state index contributed by atoms with van der Waals surface area (Å²) in [6.07, 6.45) is 11.3. The molecule has 13 atom stereocenters. The van der Waals surface area contributed by atoms with Crippen LogP contribution in [-0.4, -0.2) is 128 Å². The first kappa shape index (κ1) is 37.1. The highest BCUT2D eigenvalue weighted by Crippen LogP contribution is 2.89. The molecule has 0 bridgehead atoms. The number of hydrogen-bond acceptors (Lipinski definition) is 8. The minimum Gasteiger partial charge on any atom is -0.388 e. The van der Waals surface area contributed by atoms with Gasteiger partial charge < -0.3 is 29.0 Å². The Morgan fingerprint density at radius 1 is 0.980 bits per heavy atom. The van der Waals surface area contributed by atoms with E-state index in [2.05, 4.69) is 37.5 Å². The van der Waals surface area contributed by atoms with Gasteiger partial charge in [0.1, 0.15) is 6.10 Å². The molecule has 9 nitrogen and oxygen atoms in total. The monoisotopic (exact) mass is 714 g/mol. The first-order valence-corrected chi connectivity index (χ1v) is 21.0. The van der Waals surface area contributed by atoms with Crippen LogP contribution in [0, 0.1) is 51.2 Å². The van der Waals surface area contributed by atoms with Crippen LogP contribution in [0.25, 0.3) is 0 Å². The van der Waals surface area contributed by atoms with Crippen LogP contribution in [0.4, 0.5) is 0 Å². The van der Waals surface area contributed by atoms with E-state index >= 15 is 0 Å². The van der Waals surface area contributed by atoms with Gasteiger partial charge in [0.15, 0.2) is 6.29 Å². The van der Waals surface area contributed by atoms with Crippen LogP contribution < -0.4 is 0 Å². The van der Waals surface area contributed by atoms with Gasteiger partial charge in [-0.1, -0.05) is 27.7 Å². The van der Waals surface area contributed by atoms with Crippen molar-refractivity contribution in [2.75, 3.05) is 60.0 Å². The molecule has 1 amide bonds. The fourth-order valence-corrected chi connectivity index (χ4v) is 14.9. The Bertz CT molecular complexity index is 1310. The third-order valence-corrected chi connectivity index (χ3v) is 17.3. The molecule has 0 aromatic heterocycles. The van der Waals surface area contributed by atoms with Crippen molar-refractivity contribution in [2.24, 2.45) is 51.2 Å². The second-order valence-electron chi connectivity index (χ2n) is 20.2. The molecule has 5 aliphatic carbocycles. The second-order valence-corrected chi connectivity index (χ2v) is 20.2. The van der Waals surface area contributed by atoms with Crippen LogP contribution in [0.1, 0.15) is 106 Å². The minimum absolute atomic E-state index is 0.0238. The lowest BCUT2D eigenvalue weighted by molar-refractivity contribution is -0.250. The van der Waals surface area contributed by atoms with Gasteiger partial charge in [-0.05, 0) is 130 Å². The van der Waals surface area contributed by atoms with Gasteiger partial charge in [-0.15, -0.1) is 0 Å². The van der Waals surface area contributed by atoms with Crippen LogP contribution in [0.5, 0.6) is 0 Å². The quantitative estimate of drug-likeness (QED) is 0.339. The molecular formula is C42H71N3O6. The second kappa shape index (κ2) is 12.9. The molecule has 3 aliphatic heterocycles. The molecular weight excluding hydrogens is 642 g/mol. The van der Waals surface area contributed by atoms with Gasteiger partial charge >= 0.3 is 0 Å². The summed E-state index contributed by atoms with van der Waals surface area (Å²) in [5.41, 5.74) is 0.470. The maximum Gasteiger partial charge on any atom is 0.236 e. The average Bonchev–Trinajstić information content (AvgIpc) is 3.43. The van der Waals surface area contributed by atoms with E-state index < -0.39 is 5.60 Å². The van der Waals surface area contributed by atoms with E-state index in [1.54, 1.807) is 4.90 Å². The van der Waals surface area contributed by atoms with E-state index in [1.807, 2.05) is 34.9 Å². The molecule has 51 heavy (non-hydrogen) atoms. The summed E-state index contributed by atoms with van der Waals surface area (Å²) in [7, 11) is 3.67. The predicted molar refractivity (Wildman–Crippen MR) is 197 cm³/mol. The number of ether oxygens (including phenoxy) is 4. The molecule has 8 aliphatic rings. The number of likely N-dealkylation sites (N-methyl/N-ethyl adjacent to an activating group) is 1. The SMILES string of the molecule is CCOC(C1CCC2C(CC3C4CCC5C(C)(C)C(OC6CN(C7CN(CC(=O)N(C)C)C7)CCO6)CCC56[C@@H](C)C46CCC23C)O1)C(C)(C)O. The first-order valence-electron chi connectivity index (χ1n) is 21.0. The number of carbonyl (C=O) groups is 1. The van der Waals surface area contributed by atoms with Crippen molar-refractivity contribution < 1.29 is 28.8 Å². The standard InChI is InChI=1S/C42H71N3O6/c1-10-48-37(39(5,6)47)31-13-11-29-32(50-31)21-30-28-12-14-33-38(3,4)34(15-16-42(33)26(2)41(28,42)18-17-40(29,30)7)51-36-25-45(19-20-49-36)27-22-44(23-27)24-35(46)43(8)9/h26-34,36-37,47H,10-25H2,1-9H3/t26-,28?,29?,30?,31?,32?,33?,34?,36?,37?,40?,41?,42?/m0/s1. The van der Waals surface area contributed by atoms with E-state index in [4.69, 9.17) is 18.9 Å². The van der Waals surface area contributed by atoms with Gasteiger partial charge in [0.25, 0.3) is 0 Å². The number of amides is 1. The predicted octanol–water partition coefficient (Wildman–Crippen LogP) is 5.43. The van der Waals surface area contributed by atoms with E-state index in [9.17, 15) is 9.90 Å². The van der Waals surface area contributed by atoms with E-state index in [0.717, 1.165) is 63.4 Å². The Kier molecular flexibility index (Phi) is 9.37. The minimum atomic E-state index is -0.911. The zero-order valence-corrected chi connectivity index (χ0v) is 33.5. The third-order valence-electron chi connectivity index (χ3n) is 17.3. The molecule has 0 radical (unpaired) electrons. The lowest BCUT2D eigenvalue weighted by Gasteiger charge is -2.60. The van der Waals surface area contributed by atoms with Crippen LogP contribution in [0.3, 0.4) is 0 Å². The average molecular weight is 714 g/mol. The summed E-state index contributed by atoms with van der Waals surface area (Å²) in [5, 5.41) is 11.0. The van der Waals surface area contributed by atoms with Crippen LogP contribution >= 0.6 is 0 Å². The Morgan fingerprint density at radius 2 is 1.73 bits per heavy atom. The van der Waals surface area contributed by atoms with Crippen molar-refractivity contribution in [2.45, 2.75) is 149 Å². The number of aliphatic hydroxyl groups is 1. The van der Waals surface area contributed by atoms with E-state index in [0.29, 0.717) is 53.4 Å². The van der Waals surface area contributed by atoms with Gasteiger partial charge in [0, 0.05) is 52.9 Å². The molecule has 3 saturated heterocycles. The molecule has 1 N–H and O–H groups in total. The van der Waals surface area contributed by atoms with Crippen LogP contribution in [0.15, 0.2) is 0 Å². The summed E-state index contributed by atoms with van der Waals surface area (Å²) >= 11 is 0. The topological polar surface area (TPSA) is 83.9 Å². The molecule has 2 spiro atoms. The van der Waals surface area contributed by atoms with Gasteiger partial charge in [-0.2, -0.15) is 0 Å². The highest BCUT2D eigenvalue weighted by molar-refractivity contribution is 5.77. The normalized spacial score (nSPS) is 47.2. The number of likely N-dealkylation sites (tertiary alicyclic amines) is 1. The third kappa shape index (κ3) is 5.57. The Balaban J connectivity index is 0.925. The Morgan fingerprint density at radius 3 is 2.43 bits per heavy atom. The molecule has 3 heterocycles. The molecule has 8 rings (SSSR count). The van der Waals surface area contributed by atoms with Crippen molar-refractivity contribution in [1.29, 1.82) is 0 Å².